The number of hydrogen-bond donors (Lipinski definition) is 1. The van der Waals surface area contributed by atoms with E-state index in [1.165, 1.54) is 0 Å². The first-order valence-electron chi connectivity index (χ1n) is 2.69. The van der Waals surface area contributed by atoms with E-state index in [1.807, 2.05) is 6.92 Å². The van der Waals surface area contributed by atoms with Gasteiger partial charge < -0.3 is 10.5 Å². The van der Waals surface area contributed by atoms with Crippen LogP contribution in [-0.2, 0) is 21.2 Å². The van der Waals surface area contributed by atoms with Crippen molar-refractivity contribution < 1.29 is 26.0 Å². The Morgan fingerprint density at radius 1 is 1.67 bits per heavy atom. The first kappa shape index (κ1) is 11.5. The summed E-state index contributed by atoms with van der Waals surface area (Å²) in [6, 6.07) is 0. The van der Waals surface area contributed by atoms with Crippen molar-refractivity contribution in [3.63, 3.8) is 0 Å². The van der Waals surface area contributed by atoms with Crippen LogP contribution in [0, 0.1) is 0 Å². The van der Waals surface area contributed by atoms with Gasteiger partial charge in [0, 0.05) is 16.5 Å². The smallest absolute Gasteiger partial charge is 0.404 e. The van der Waals surface area contributed by atoms with Crippen molar-refractivity contribution >= 4 is 6.09 Å². The van der Waals surface area contributed by atoms with Crippen molar-refractivity contribution in [3.05, 3.63) is 0 Å². The van der Waals surface area contributed by atoms with Gasteiger partial charge in [-0.2, -0.15) is 0 Å². The van der Waals surface area contributed by atoms with Gasteiger partial charge in [0.2, 0.25) is 0 Å². The van der Waals surface area contributed by atoms with E-state index in [2.05, 4.69) is 10.5 Å². The third-order valence-corrected chi connectivity index (χ3v) is 0.742. The quantitative estimate of drug-likeness (QED) is 0.512. The van der Waals surface area contributed by atoms with Crippen molar-refractivity contribution in [2.45, 2.75) is 19.8 Å². The van der Waals surface area contributed by atoms with Gasteiger partial charge in [0.25, 0.3) is 0 Å². The number of hydrogen-bond acceptors (Lipinski definition) is 2. The first-order chi connectivity index (χ1) is 3.77. The minimum atomic E-state index is -0.682. The molecule has 0 fully saturated rings. The topological polar surface area (TPSA) is 52.3 Å². The zero-order valence-corrected chi connectivity index (χ0v) is 6.32. The van der Waals surface area contributed by atoms with Crippen LogP contribution in [0.5, 0.6) is 0 Å². The number of nitrogens with two attached hydrogens (primary N) is 1. The van der Waals surface area contributed by atoms with Crippen LogP contribution in [0.4, 0.5) is 4.79 Å². The molecule has 0 rings (SSSR count). The largest absolute Gasteiger partial charge is 0.450 e. The Balaban J connectivity index is 0. The Kier molecular flexibility index (Phi) is 9.96. The molecule has 0 aliphatic carbocycles. The van der Waals surface area contributed by atoms with Crippen molar-refractivity contribution in [1.82, 2.24) is 0 Å². The molecule has 1 amide bonds. The summed E-state index contributed by atoms with van der Waals surface area (Å²) < 4.78 is 4.42. The van der Waals surface area contributed by atoms with Crippen LogP contribution >= 0.6 is 0 Å². The van der Waals surface area contributed by atoms with Crippen LogP contribution in [0.3, 0.4) is 0 Å². The van der Waals surface area contributed by atoms with E-state index in [9.17, 15) is 4.79 Å². The summed E-state index contributed by atoms with van der Waals surface area (Å²) in [7, 11) is 0. The fourth-order valence-electron chi connectivity index (χ4n) is 0.317. The van der Waals surface area contributed by atoms with Gasteiger partial charge in [0.05, 0.1) is 6.61 Å². The second-order valence-electron chi connectivity index (χ2n) is 1.52. The predicted molar refractivity (Wildman–Crippen MR) is 30.4 cm³/mol. The van der Waals surface area contributed by atoms with Crippen molar-refractivity contribution in [2.75, 3.05) is 6.61 Å². The summed E-state index contributed by atoms with van der Waals surface area (Å²) in [5.74, 6) is 0. The summed E-state index contributed by atoms with van der Waals surface area (Å²) in [6.07, 6.45) is 1.23. The van der Waals surface area contributed by atoms with E-state index in [1.54, 1.807) is 0 Å². The molecule has 0 aromatic heterocycles. The number of ether oxygens (including phenoxy) is 1. The van der Waals surface area contributed by atoms with Crippen molar-refractivity contribution in [2.24, 2.45) is 5.73 Å². The van der Waals surface area contributed by atoms with Crippen LogP contribution in [0.1, 0.15) is 19.8 Å². The predicted octanol–water partition coefficient (Wildman–Crippen LogP) is 0.879. The second-order valence-corrected chi connectivity index (χ2v) is 1.52. The maximum absolute atomic E-state index is 9.87. The molecule has 0 aromatic carbocycles. The maximum Gasteiger partial charge on any atom is 0.404 e. The van der Waals surface area contributed by atoms with Gasteiger partial charge in [-0.1, -0.05) is 13.3 Å². The molecule has 58 valence electrons. The molecule has 0 atom stereocenters. The zero-order chi connectivity index (χ0) is 6.41. The van der Waals surface area contributed by atoms with E-state index >= 15 is 0 Å². The summed E-state index contributed by atoms with van der Waals surface area (Å²) in [4.78, 5) is 9.87. The monoisotopic (exact) mass is 175 g/mol. The number of carbonyl (C=O) groups is 1. The van der Waals surface area contributed by atoms with Gasteiger partial charge in [0.1, 0.15) is 0 Å². The number of unbranched alkanes of at least 4 members (excludes halogenated alkanes) is 1. The third kappa shape index (κ3) is 11.4. The van der Waals surface area contributed by atoms with Crippen molar-refractivity contribution in [3.8, 4) is 0 Å². The number of primary amides is 1. The minimum Gasteiger partial charge on any atom is -0.450 e. The van der Waals surface area contributed by atoms with E-state index in [4.69, 9.17) is 0 Å². The molecule has 4 heteroatoms. The minimum absolute atomic E-state index is 0. The van der Waals surface area contributed by atoms with Crippen LogP contribution < -0.4 is 5.73 Å². The molecule has 0 heterocycles. The van der Waals surface area contributed by atoms with Gasteiger partial charge >= 0.3 is 6.09 Å². The van der Waals surface area contributed by atoms with E-state index in [0.29, 0.717) is 6.61 Å². The number of carbonyl (C=O) groups excluding carboxylic acids is 1. The van der Waals surface area contributed by atoms with Crippen LogP contribution in [-0.4, -0.2) is 12.7 Å². The SMILES string of the molecule is CCCCOC(N)=O.[Ni]. The molecular weight excluding hydrogens is 165 g/mol. The van der Waals surface area contributed by atoms with Gasteiger partial charge in [-0.15, -0.1) is 0 Å². The van der Waals surface area contributed by atoms with Gasteiger partial charge in [-0.25, -0.2) is 4.79 Å². The second kappa shape index (κ2) is 7.76. The molecule has 0 spiro atoms. The average Bonchev–Trinajstić information content (AvgIpc) is 1.66. The normalized spacial score (nSPS) is 7.67. The summed E-state index contributed by atoms with van der Waals surface area (Å²) >= 11 is 0. The molecular formula is C5H11NNiO2. The Hall–Kier alpha value is -0.236. The van der Waals surface area contributed by atoms with E-state index < -0.39 is 6.09 Å². The molecule has 0 aromatic rings. The molecule has 0 saturated carbocycles. The Morgan fingerprint density at radius 2 is 2.22 bits per heavy atom. The summed E-state index contributed by atoms with van der Waals surface area (Å²) in [5, 5.41) is 0. The zero-order valence-electron chi connectivity index (χ0n) is 5.33. The van der Waals surface area contributed by atoms with Crippen LogP contribution in [0.2, 0.25) is 0 Å². The molecule has 0 saturated heterocycles. The van der Waals surface area contributed by atoms with Crippen molar-refractivity contribution in [1.29, 1.82) is 0 Å². The molecule has 0 bridgehead atoms. The Morgan fingerprint density at radius 3 is 2.56 bits per heavy atom. The Bertz CT molecular complexity index is 77.4. The third-order valence-electron chi connectivity index (χ3n) is 0.742. The molecule has 9 heavy (non-hydrogen) atoms. The number of rotatable bonds is 3. The molecule has 2 N–H and O–H groups in total. The van der Waals surface area contributed by atoms with Gasteiger partial charge in [0.15, 0.2) is 0 Å². The molecule has 0 aliphatic rings. The maximum atomic E-state index is 9.87. The molecule has 0 unspecified atom stereocenters. The van der Waals surface area contributed by atoms with Crippen LogP contribution in [0.25, 0.3) is 0 Å². The number of amides is 1. The van der Waals surface area contributed by atoms with Gasteiger partial charge in [-0.3, -0.25) is 0 Å². The summed E-state index contributed by atoms with van der Waals surface area (Å²) in [5.41, 5.74) is 4.67. The standard InChI is InChI=1S/C5H11NO2.Ni/c1-2-3-4-8-5(6)7;/h2-4H2,1H3,(H2,6,7);. The molecule has 0 aliphatic heterocycles. The Labute approximate surface area is 64.9 Å². The summed E-state index contributed by atoms with van der Waals surface area (Å²) in [6.45, 7) is 2.47. The first-order valence-corrected chi connectivity index (χ1v) is 2.69. The fraction of sp³-hybridized carbons (Fsp3) is 0.800. The fourth-order valence-corrected chi connectivity index (χ4v) is 0.317. The average molecular weight is 176 g/mol. The van der Waals surface area contributed by atoms with Gasteiger partial charge in [-0.05, 0) is 6.42 Å². The van der Waals surface area contributed by atoms with Crippen LogP contribution in [0.15, 0.2) is 0 Å². The molecule has 3 nitrogen and oxygen atoms in total. The van der Waals surface area contributed by atoms with E-state index in [-0.39, 0.29) is 16.5 Å². The molecule has 0 radical (unpaired) electrons. The van der Waals surface area contributed by atoms with E-state index in [0.717, 1.165) is 12.8 Å².